The largest absolute Gasteiger partial charge is 0.0683 e. The summed E-state index contributed by atoms with van der Waals surface area (Å²) in [5.41, 5.74) is 1.93. The first-order chi connectivity index (χ1) is 4.82. The average molecular weight is 138 g/mol. The van der Waals surface area contributed by atoms with Crippen LogP contribution in [0.25, 0.3) is 0 Å². The normalized spacial score (nSPS) is 40.5. The van der Waals surface area contributed by atoms with Gasteiger partial charge in [0.25, 0.3) is 0 Å². The van der Waals surface area contributed by atoms with Crippen molar-refractivity contribution in [3.05, 3.63) is 0 Å². The van der Waals surface area contributed by atoms with E-state index in [2.05, 4.69) is 6.92 Å². The van der Waals surface area contributed by atoms with E-state index in [1.807, 2.05) is 13.8 Å². The highest BCUT2D eigenvalue weighted by atomic mass is 14.9. The molecule has 3 aliphatic carbocycles. The molecule has 3 rings (SSSR count). The molecular formula is C10H18. The molecule has 0 bridgehead atoms. The van der Waals surface area contributed by atoms with E-state index in [1.54, 1.807) is 25.7 Å². The lowest BCUT2D eigenvalue weighted by atomic mass is 10.3. The number of hydrogen-bond acceptors (Lipinski definition) is 0. The second kappa shape index (κ2) is 1.60. The molecule has 0 aromatic heterocycles. The van der Waals surface area contributed by atoms with E-state index in [4.69, 9.17) is 0 Å². The molecule has 58 valence electrons. The maximum Gasteiger partial charge on any atom is -0.0207 e. The number of fused-ring (bicyclic) bond motifs is 1. The van der Waals surface area contributed by atoms with Crippen molar-refractivity contribution in [3.8, 4) is 0 Å². The minimum absolute atomic E-state index is 0.965. The van der Waals surface area contributed by atoms with E-state index in [0.29, 0.717) is 0 Å². The van der Waals surface area contributed by atoms with Crippen LogP contribution in [-0.2, 0) is 0 Å². The monoisotopic (exact) mass is 138 g/mol. The summed E-state index contributed by atoms with van der Waals surface area (Å²) in [6, 6.07) is 0. The summed E-state index contributed by atoms with van der Waals surface area (Å²) in [6.07, 6.45) is 6.31. The predicted molar refractivity (Wildman–Crippen MR) is 43.8 cm³/mol. The van der Waals surface area contributed by atoms with Crippen LogP contribution in [0, 0.1) is 16.7 Å². The standard InChI is InChI=1S/C8H12.C2H6/c1-6-7(2-3-7)8(6)4-5-8;1-2/h6H,2-5H2,1H3;1-2H3. The van der Waals surface area contributed by atoms with E-state index in [-0.39, 0.29) is 0 Å². The highest BCUT2D eigenvalue weighted by molar-refractivity contribution is 5.33. The van der Waals surface area contributed by atoms with Crippen LogP contribution in [0.2, 0.25) is 0 Å². The number of rotatable bonds is 0. The van der Waals surface area contributed by atoms with Crippen molar-refractivity contribution in [2.75, 3.05) is 0 Å². The second-order valence-electron chi connectivity index (χ2n) is 4.03. The molecule has 3 saturated carbocycles. The van der Waals surface area contributed by atoms with Gasteiger partial charge in [-0.05, 0) is 42.4 Å². The van der Waals surface area contributed by atoms with Gasteiger partial charge in [-0.25, -0.2) is 0 Å². The van der Waals surface area contributed by atoms with Gasteiger partial charge in [0.1, 0.15) is 0 Å². The second-order valence-corrected chi connectivity index (χ2v) is 4.03. The zero-order chi connectivity index (χ0) is 7.41. The Morgan fingerprint density at radius 1 is 0.900 bits per heavy atom. The lowest BCUT2D eigenvalue weighted by Crippen LogP contribution is -1.70. The Balaban J connectivity index is 0.000000188. The van der Waals surface area contributed by atoms with Crippen molar-refractivity contribution in [2.45, 2.75) is 46.5 Å². The SMILES string of the molecule is CC.CC1C2(CC2)C12CC2. The third kappa shape index (κ3) is 0.466. The smallest absolute Gasteiger partial charge is 0.0207 e. The van der Waals surface area contributed by atoms with Gasteiger partial charge >= 0.3 is 0 Å². The molecule has 0 aliphatic heterocycles. The molecule has 0 aromatic rings. The van der Waals surface area contributed by atoms with Crippen LogP contribution in [0.4, 0.5) is 0 Å². The van der Waals surface area contributed by atoms with Gasteiger partial charge in [0.15, 0.2) is 0 Å². The quantitative estimate of drug-likeness (QED) is 0.482. The van der Waals surface area contributed by atoms with Crippen LogP contribution in [0.5, 0.6) is 0 Å². The topological polar surface area (TPSA) is 0 Å². The molecule has 3 fully saturated rings. The van der Waals surface area contributed by atoms with Gasteiger partial charge in [-0.1, -0.05) is 20.8 Å². The Morgan fingerprint density at radius 3 is 1.30 bits per heavy atom. The minimum Gasteiger partial charge on any atom is -0.0683 e. The van der Waals surface area contributed by atoms with Crippen molar-refractivity contribution in [3.63, 3.8) is 0 Å². The number of hydrogen-bond donors (Lipinski definition) is 0. The van der Waals surface area contributed by atoms with Gasteiger partial charge in [0.05, 0.1) is 0 Å². The fourth-order valence-corrected chi connectivity index (χ4v) is 3.12. The molecule has 10 heavy (non-hydrogen) atoms. The van der Waals surface area contributed by atoms with Crippen LogP contribution in [0.1, 0.15) is 46.5 Å². The van der Waals surface area contributed by atoms with E-state index in [1.165, 1.54) is 0 Å². The first-order valence-electron chi connectivity index (χ1n) is 4.82. The highest BCUT2D eigenvalue weighted by Crippen LogP contribution is 2.92. The van der Waals surface area contributed by atoms with Gasteiger partial charge in [-0.15, -0.1) is 0 Å². The molecule has 3 aliphatic rings. The lowest BCUT2D eigenvalue weighted by molar-refractivity contribution is 0.716. The fourth-order valence-electron chi connectivity index (χ4n) is 3.12. The molecule has 0 unspecified atom stereocenters. The zero-order valence-corrected chi connectivity index (χ0v) is 7.41. The summed E-state index contributed by atoms with van der Waals surface area (Å²) in [6.45, 7) is 6.46. The predicted octanol–water partition coefficient (Wildman–Crippen LogP) is 3.22. The molecule has 0 N–H and O–H groups in total. The van der Waals surface area contributed by atoms with Crippen molar-refractivity contribution in [1.82, 2.24) is 0 Å². The molecule has 0 saturated heterocycles. The van der Waals surface area contributed by atoms with Crippen LogP contribution < -0.4 is 0 Å². The first kappa shape index (κ1) is 6.69. The Bertz CT molecular complexity index is 131. The van der Waals surface area contributed by atoms with Gasteiger partial charge in [0.2, 0.25) is 0 Å². The van der Waals surface area contributed by atoms with Crippen LogP contribution in [0.15, 0.2) is 0 Å². The Hall–Kier alpha value is 0. The first-order valence-corrected chi connectivity index (χ1v) is 4.82. The molecule has 0 amide bonds. The highest BCUT2D eigenvalue weighted by Gasteiger charge is 2.84. The third-order valence-corrected chi connectivity index (χ3v) is 4.14. The lowest BCUT2D eigenvalue weighted by Gasteiger charge is -1.76. The molecule has 0 nitrogen and oxygen atoms in total. The average Bonchev–Trinajstić information content (AvgIpc) is 2.86. The van der Waals surface area contributed by atoms with Crippen molar-refractivity contribution < 1.29 is 0 Å². The van der Waals surface area contributed by atoms with Crippen LogP contribution in [-0.4, -0.2) is 0 Å². The molecule has 0 radical (unpaired) electrons. The summed E-state index contributed by atoms with van der Waals surface area (Å²) in [4.78, 5) is 0. The van der Waals surface area contributed by atoms with E-state index in [0.717, 1.165) is 16.7 Å². The van der Waals surface area contributed by atoms with Crippen molar-refractivity contribution in [2.24, 2.45) is 16.7 Å². The fraction of sp³-hybridized carbons (Fsp3) is 1.00. The molecule has 0 atom stereocenters. The van der Waals surface area contributed by atoms with Crippen molar-refractivity contribution in [1.29, 1.82) is 0 Å². The van der Waals surface area contributed by atoms with Crippen LogP contribution in [0.3, 0.4) is 0 Å². The van der Waals surface area contributed by atoms with Gasteiger partial charge in [0, 0.05) is 0 Å². The summed E-state index contributed by atoms with van der Waals surface area (Å²) >= 11 is 0. The molecule has 0 heterocycles. The summed E-state index contributed by atoms with van der Waals surface area (Å²) < 4.78 is 0. The van der Waals surface area contributed by atoms with Gasteiger partial charge in [-0.2, -0.15) is 0 Å². The van der Waals surface area contributed by atoms with Crippen molar-refractivity contribution >= 4 is 0 Å². The van der Waals surface area contributed by atoms with Gasteiger partial charge in [-0.3, -0.25) is 0 Å². The maximum absolute atomic E-state index is 2.46. The molecule has 0 aromatic carbocycles. The summed E-state index contributed by atoms with van der Waals surface area (Å²) in [7, 11) is 0. The van der Waals surface area contributed by atoms with Gasteiger partial charge < -0.3 is 0 Å². The third-order valence-electron chi connectivity index (χ3n) is 4.14. The Labute approximate surface area is 64.0 Å². The van der Waals surface area contributed by atoms with E-state index >= 15 is 0 Å². The Morgan fingerprint density at radius 2 is 1.20 bits per heavy atom. The molecule has 2 spiro atoms. The maximum atomic E-state index is 2.46. The summed E-state index contributed by atoms with van der Waals surface area (Å²) in [5.74, 6) is 1.13. The Kier molecular flexibility index (Phi) is 1.07. The summed E-state index contributed by atoms with van der Waals surface area (Å²) in [5, 5.41) is 0. The molecule has 0 heteroatoms. The van der Waals surface area contributed by atoms with E-state index < -0.39 is 0 Å². The minimum atomic E-state index is 0.965. The van der Waals surface area contributed by atoms with E-state index in [9.17, 15) is 0 Å². The molecular weight excluding hydrogens is 120 g/mol. The van der Waals surface area contributed by atoms with Crippen LogP contribution >= 0.6 is 0 Å². The zero-order valence-electron chi connectivity index (χ0n) is 7.41.